The molecular weight excluding hydrogens is 356 g/mol. The minimum absolute atomic E-state index is 0.325. The Hall–Kier alpha value is -0.700. The zero-order chi connectivity index (χ0) is 15.3. The summed E-state index contributed by atoms with van der Waals surface area (Å²) in [6.07, 6.45) is 3.51. The maximum atomic E-state index is 12.5. The predicted octanol–water partition coefficient (Wildman–Crippen LogP) is 1.82. The average Bonchev–Trinajstić information content (AvgIpc) is 2.48. The van der Waals surface area contributed by atoms with E-state index in [4.69, 9.17) is 0 Å². The summed E-state index contributed by atoms with van der Waals surface area (Å²) in [5.74, 6) is 0.689. The highest BCUT2D eigenvalue weighted by Crippen LogP contribution is 2.23. The summed E-state index contributed by atoms with van der Waals surface area (Å²) in [5, 5.41) is 3.29. The second kappa shape index (κ2) is 7.53. The molecule has 0 amide bonds. The van der Waals surface area contributed by atoms with Gasteiger partial charge in [0.25, 0.3) is 0 Å². The van der Waals surface area contributed by atoms with Crippen molar-refractivity contribution in [3.63, 3.8) is 0 Å². The molecule has 1 atom stereocenters. The fourth-order valence-corrected chi connectivity index (χ4v) is 4.21. The number of nitrogens with zero attached hydrogens (tertiary/aromatic N) is 2. The number of hydrogen-bond acceptors (Lipinski definition) is 4. The lowest BCUT2D eigenvalue weighted by Gasteiger charge is -2.32. The van der Waals surface area contributed by atoms with E-state index in [-0.39, 0.29) is 0 Å². The fourth-order valence-electron chi connectivity index (χ4n) is 2.41. The Bertz CT molecular complexity index is 567. The van der Waals surface area contributed by atoms with Gasteiger partial charge in [-0.3, -0.25) is 4.72 Å². The fraction of sp³-hybridized carbons (Fsp3) is 0.615. The largest absolute Gasteiger partial charge is 0.317 e. The van der Waals surface area contributed by atoms with Crippen molar-refractivity contribution in [2.24, 2.45) is 5.92 Å². The van der Waals surface area contributed by atoms with E-state index < -0.39 is 10.2 Å². The van der Waals surface area contributed by atoms with Crippen LogP contribution in [-0.4, -0.2) is 43.9 Å². The molecule has 1 aromatic heterocycles. The zero-order valence-corrected chi connectivity index (χ0v) is 14.5. The number of aromatic nitrogens is 1. The third kappa shape index (κ3) is 4.64. The molecule has 0 bridgehead atoms. The van der Waals surface area contributed by atoms with E-state index in [1.165, 1.54) is 4.31 Å². The van der Waals surface area contributed by atoms with Gasteiger partial charge in [-0.15, -0.1) is 0 Å². The minimum atomic E-state index is -3.55. The van der Waals surface area contributed by atoms with Crippen molar-refractivity contribution in [1.29, 1.82) is 0 Å². The average molecular weight is 377 g/mol. The molecule has 1 aromatic rings. The summed E-state index contributed by atoms with van der Waals surface area (Å²) < 4.78 is 29.6. The van der Waals surface area contributed by atoms with Gasteiger partial charge >= 0.3 is 10.2 Å². The normalized spacial score (nSPS) is 20.4. The first-order chi connectivity index (χ1) is 10.0. The van der Waals surface area contributed by atoms with E-state index in [0.29, 0.717) is 29.3 Å². The first-order valence-corrected chi connectivity index (χ1v) is 9.35. The minimum Gasteiger partial charge on any atom is -0.317 e. The molecule has 1 saturated heterocycles. The van der Waals surface area contributed by atoms with Gasteiger partial charge < -0.3 is 5.32 Å². The van der Waals surface area contributed by atoms with Crippen LogP contribution in [-0.2, 0) is 10.2 Å². The quantitative estimate of drug-likeness (QED) is 0.793. The van der Waals surface area contributed by atoms with Crippen molar-refractivity contribution in [2.75, 3.05) is 30.9 Å². The van der Waals surface area contributed by atoms with Gasteiger partial charge in [-0.05, 0) is 59.9 Å². The molecule has 21 heavy (non-hydrogen) atoms. The van der Waals surface area contributed by atoms with Gasteiger partial charge in [0.05, 0.1) is 4.47 Å². The van der Waals surface area contributed by atoms with Crippen molar-refractivity contribution in [2.45, 2.75) is 19.8 Å². The van der Waals surface area contributed by atoms with Crippen LogP contribution in [0, 0.1) is 5.92 Å². The Labute approximate surface area is 134 Å². The number of rotatable bonds is 6. The number of pyridine rings is 1. The van der Waals surface area contributed by atoms with E-state index in [1.807, 2.05) is 0 Å². The topological polar surface area (TPSA) is 74.3 Å². The van der Waals surface area contributed by atoms with Crippen molar-refractivity contribution < 1.29 is 8.42 Å². The van der Waals surface area contributed by atoms with E-state index in [2.05, 4.69) is 37.9 Å². The molecule has 0 saturated carbocycles. The number of halogens is 1. The Kier molecular flexibility index (Phi) is 5.98. The summed E-state index contributed by atoms with van der Waals surface area (Å²) in [7, 11) is -3.55. The summed E-state index contributed by atoms with van der Waals surface area (Å²) >= 11 is 3.30. The van der Waals surface area contributed by atoms with E-state index >= 15 is 0 Å². The molecule has 0 aliphatic carbocycles. The van der Waals surface area contributed by atoms with Gasteiger partial charge in [0.2, 0.25) is 0 Å². The molecule has 1 fully saturated rings. The molecule has 8 heteroatoms. The third-order valence-corrected chi connectivity index (χ3v) is 5.59. The van der Waals surface area contributed by atoms with E-state index in [9.17, 15) is 8.42 Å². The zero-order valence-electron chi connectivity index (χ0n) is 12.0. The first-order valence-electron chi connectivity index (χ1n) is 7.12. The molecule has 1 aliphatic heterocycles. The van der Waals surface area contributed by atoms with Crippen molar-refractivity contribution >= 4 is 32.0 Å². The summed E-state index contributed by atoms with van der Waals surface area (Å²) in [4.78, 5) is 4.05. The van der Waals surface area contributed by atoms with Crippen LogP contribution in [0.2, 0.25) is 0 Å². The molecule has 6 nitrogen and oxygen atoms in total. The van der Waals surface area contributed by atoms with E-state index in [0.717, 1.165) is 25.9 Å². The Morgan fingerprint density at radius 3 is 3.05 bits per heavy atom. The maximum absolute atomic E-state index is 12.5. The lowest BCUT2D eigenvalue weighted by Crippen LogP contribution is -2.45. The van der Waals surface area contributed by atoms with Gasteiger partial charge in [0.1, 0.15) is 0 Å². The van der Waals surface area contributed by atoms with Gasteiger partial charge in [0, 0.05) is 19.3 Å². The number of hydrogen-bond donors (Lipinski definition) is 2. The second-order valence-electron chi connectivity index (χ2n) is 5.11. The maximum Gasteiger partial charge on any atom is 0.302 e. The number of piperidine rings is 1. The molecular formula is C13H21BrN4O2S. The smallest absolute Gasteiger partial charge is 0.302 e. The lowest BCUT2D eigenvalue weighted by atomic mass is 10.00. The van der Waals surface area contributed by atoms with Crippen LogP contribution in [0.25, 0.3) is 0 Å². The van der Waals surface area contributed by atoms with Crippen LogP contribution in [0.4, 0.5) is 5.82 Å². The van der Waals surface area contributed by atoms with Gasteiger partial charge in [-0.25, -0.2) is 4.98 Å². The SMILES string of the molecule is CCNCC1CCCN(S(=O)(=O)Nc2ncccc2Br)C1. The second-order valence-corrected chi connectivity index (χ2v) is 7.64. The molecule has 1 aliphatic rings. The summed E-state index contributed by atoms with van der Waals surface area (Å²) in [5.41, 5.74) is 0. The lowest BCUT2D eigenvalue weighted by molar-refractivity contribution is 0.262. The van der Waals surface area contributed by atoms with Crippen LogP contribution < -0.4 is 10.0 Å². The highest BCUT2D eigenvalue weighted by molar-refractivity contribution is 9.10. The first kappa shape index (κ1) is 16.7. The molecule has 2 rings (SSSR count). The predicted molar refractivity (Wildman–Crippen MR) is 87.3 cm³/mol. The van der Waals surface area contributed by atoms with Gasteiger partial charge in [-0.2, -0.15) is 12.7 Å². The molecule has 2 heterocycles. The van der Waals surface area contributed by atoms with Crippen LogP contribution in [0.1, 0.15) is 19.8 Å². The Balaban J connectivity index is 2.03. The van der Waals surface area contributed by atoms with Gasteiger partial charge in [-0.1, -0.05) is 6.92 Å². The van der Waals surface area contributed by atoms with Crippen molar-refractivity contribution in [3.8, 4) is 0 Å². The van der Waals surface area contributed by atoms with Crippen LogP contribution >= 0.6 is 15.9 Å². The van der Waals surface area contributed by atoms with Gasteiger partial charge in [0.15, 0.2) is 5.82 Å². The van der Waals surface area contributed by atoms with E-state index in [1.54, 1.807) is 18.3 Å². The van der Waals surface area contributed by atoms with Crippen LogP contribution in [0.15, 0.2) is 22.8 Å². The highest BCUT2D eigenvalue weighted by Gasteiger charge is 2.29. The molecule has 0 spiro atoms. The standard InChI is InChI=1S/C13H21BrN4O2S/c1-2-15-9-11-5-4-8-18(10-11)21(19,20)17-13-12(14)6-3-7-16-13/h3,6-7,11,15H,2,4-5,8-10H2,1H3,(H,16,17). The number of anilines is 1. The Morgan fingerprint density at radius 1 is 1.52 bits per heavy atom. The monoisotopic (exact) mass is 376 g/mol. The van der Waals surface area contributed by atoms with Crippen LogP contribution in [0.3, 0.4) is 0 Å². The van der Waals surface area contributed by atoms with Crippen molar-refractivity contribution in [1.82, 2.24) is 14.6 Å². The summed E-state index contributed by atoms with van der Waals surface area (Å²) in [6, 6.07) is 3.50. The molecule has 0 aromatic carbocycles. The summed E-state index contributed by atoms with van der Waals surface area (Å²) in [6.45, 7) is 4.92. The van der Waals surface area contributed by atoms with Crippen molar-refractivity contribution in [3.05, 3.63) is 22.8 Å². The Morgan fingerprint density at radius 2 is 2.33 bits per heavy atom. The molecule has 2 N–H and O–H groups in total. The molecule has 118 valence electrons. The third-order valence-electron chi connectivity index (χ3n) is 3.49. The highest BCUT2D eigenvalue weighted by atomic mass is 79.9. The van der Waals surface area contributed by atoms with Crippen LogP contribution in [0.5, 0.6) is 0 Å². The molecule has 0 radical (unpaired) electrons. The molecule has 1 unspecified atom stereocenters. The number of nitrogens with one attached hydrogen (secondary N) is 2.